The average molecular weight is 227 g/mol. The molecule has 15 heavy (non-hydrogen) atoms. The van der Waals surface area contributed by atoms with Crippen LogP contribution in [0.1, 0.15) is 6.92 Å². The summed E-state index contributed by atoms with van der Waals surface area (Å²) < 4.78 is 4.61. The van der Waals surface area contributed by atoms with Gasteiger partial charge in [-0.05, 0) is 13.1 Å². The molecule has 0 spiro atoms. The fourth-order valence-corrected chi connectivity index (χ4v) is 1.46. The number of carbonyl (C=O) groups excluding carboxylic acids is 1. The largest absolute Gasteiger partial charge is 0.466 e. The Bertz CT molecular complexity index is 394. The predicted octanol–water partition coefficient (Wildman–Crippen LogP) is 1.70. The van der Waals surface area contributed by atoms with E-state index in [2.05, 4.69) is 21.6 Å². The summed E-state index contributed by atoms with van der Waals surface area (Å²) in [5, 5.41) is 3.20. The van der Waals surface area contributed by atoms with Crippen LogP contribution in [0.5, 0.6) is 0 Å². The van der Waals surface area contributed by atoms with Crippen molar-refractivity contribution in [3.63, 3.8) is 0 Å². The molecule has 0 aromatic rings. The van der Waals surface area contributed by atoms with E-state index in [0.717, 1.165) is 0 Å². The van der Waals surface area contributed by atoms with Crippen molar-refractivity contribution in [2.75, 3.05) is 7.11 Å². The standard InChI is InChI=1S/C10H11ClN2O2/c1-4-12-9-8(7(11)5-13-9)6(2)10(14)15-3/h4-5H,1H2,2-3H3,(H,12,13)/b8-6+. The quantitative estimate of drug-likeness (QED) is 0.576. The van der Waals surface area contributed by atoms with E-state index in [-0.39, 0.29) is 0 Å². The van der Waals surface area contributed by atoms with Crippen LogP contribution in [0.25, 0.3) is 0 Å². The van der Waals surface area contributed by atoms with Gasteiger partial charge in [-0.3, -0.25) is 0 Å². The van der Waals surface area contributed by atoms with E-state index in [1.807, 2.05) is 0 Å². The maximum absolute atomic E-state index is 11.3. The van der Waals surface area contributed by atoms with Crippen molar-refractivity contribution < 1.29 is 9.53 Å². The zero-order valence-electron chi connectivity index (χ0n) is 8.50. The first kappa shape index (κ1) is 11.5. The van der Waals surface area contributed by atoms with E-state index in [1.165, 1.54) is 19.5 Å². The molecule has 1 heterocycles. The van der Waals surface area contributed by atoms with Crippen LogP contribution in [-0.4, -0.2) is 18.9 Å². The van der Waals surface area contributed by atoms with Gasteiger partial charge in [0.25, 0.3) is 0 Å². The van der Waals surface area contributed by atoms with Gasteiger partial charge in [0.15, 0.2) is 0 Å². The second kappa shape index (κ2) is 4.79. The van der Waals surface area contributed by atoms with Crippen LogP contribution in [0.2, 0.25) is 0 Å². The Labute approximate surface area is 93.0 Å². The Kier molecular flexibility index (Phi) is 3.68. The minimum absolute atomic E-state index is 0.405. The summed E-state index contributed by atoms with van der Waals surface area (Å²) in [6, 6.07) is 0. The highest BCUT2D eigenvalue weighted by atomic mass is 35.5. The van der Waals surface area contributed by atoms with Gasteiger partial charge in [-0.2, -0.15) is 0 Å². The molecule has 1 aliphatic rings. The van der Waals surface area contributed by atoms with Gasteiger partial charge in [0, 0.05) is 17.3 Å². The zero-order chi connectivity index (χ0) is 11.4. The smallest absolute Gasteiger partial charge is 0.334 e. The lowest BCUT2D eigenvalue weighted by Gasteiger charge is -2.07. The van der Waals surface area contributed by atoms with Gasteiger partial charge >= 0.3 is 5.97 Å². The number of aliphatic imine (C=N–C) groups is 1. The number of nitrogens with zero attached hydrogens (tertiary/aromatic N) is 1. The van der Waals surface area contributed by atoms with Gasteiger partial charge in [0.05, 0.1) is 12.1 Å². The minimum atomic E-state index is -0.433. The fourth-order valence-electron chi connectivity index (χ4n) is 1.18. The molecule has 0 aromatic carbocycles. The second-order valence-electron chi connectivity index (χ2n) is 2.79. The first-order valence-corrected chi connectivity index (χ1v) is 4.60. The number of esters is 1. The summed E-state index contributed by atoms with van der Waals surface area (Å²) in [4.78, 5) is 15.3. The third-order valence-electron chi connectivity index (χ3n) is 1.89. The lowest BCUT2D eigenvalue weighted by atomic mass is 10.1. The van der Waals surface area contributed by atoms with Crippen molar-refractivity contribution in [3.8, 4) is 0 Å². The third-order valence-corrected chi connectivity index (χ3v) is 2.17. The number of hydrogen-bond donors (Lipinski definition) is 1. The van der Waals surface area contributed by atoms with Crippen LogP contribution in [0.3, 0.4) is 0 Å². The predicted molar refractivity (Wildman–Crippen MR) is 59.4 cm³/mol. The lowest BCUT2D eigenvalue weighted by molar-refractivity contribution is -0.136. The Morgan fingerprint density at radius 1 is 1.73 bits per heavy atom. The molecule has 0 aliphatic carbocycles. The zero-order valence-corrected chi connectivity index (χ0v) is 9.26. The average Bonchev–Trinajstić information content (AvgIpc) is 2.58. The molecule has 0 saturated carbocycles. The van der Waals surface area contributed by atoms with Crippen LogP contribution in [0.15, 0.2) is 40.1 Å². The summed E-state index contributed by atoms with van der Waals surface area (Å²) in [5.41, 5.74) is 0.952. The normalized spacial score (nSPS) is 17.8. The first-order chi connectivity index (χ1) is 7.11. The van der Waals surface area contributed by atoms with E-state index >= 15 is 0 Å². The molecule has 0 amide bonds. The highest BCUT2D eigenvalue weighted by Crippen LogP contribution is 2.25. The van der Waals surface area contributed by atoms with Crippen LogP contribution in [0, 0.1) is 0 Å². The number of halogens is 1. The number of hydrogen-bond acceptors (Lipinski definition) is 4. The molecule has 1 aliphatic heterocycles. The molecule has 5 heteroatoms. The highest BCUT2D eigenvalue weighted by Gasteiger charge is 2.21. The number of carbonyl (C=O) groups is 1. The summed E-state index contributed by atoms with van der Waals surface area (Å²) in [7, 11) is 1.32. The summed E-state index contributed by atoms with van der Waals surface area (Å²) in [5.74, 6) is 0.0647. The fraction of sp³-hybridized carbons (Fsp3) is 0.200. The molecule has 0 atom stereocenters. The molecular weight excluding hydrogens is 216 g/mol. The van der Waals surface area contributed by atoms with E-state index in [1.54, 1.807) is 6.92 Å². The Hall–Kier alpha value is -1.55. The van der Waals surface area contributed by atoms with Gasteiger partial charge in [-0.15, -0.1) is 0 Å². The van der Waals surface area contributed by atoms with E-state index in [9.17, 15) is 4.79 Å². The van der Waals surface area contributed by atoms with Gasteiger partial charge in [-0.1, -0.05) is 18.2 Å². The van der Waals surface area contributed by atoms with Crippen LogP contribution >= 0.6 is 11.6 Å². The SMILES string of the molecule is C=CNC1=NC=C(Cl)/C1=C(/C)C(=O)OC. The molecule has 0 radical (unpaired) electrons. The van der Waals surface area contributed by atoms with Gasteiger partial charge in [0.1, 0.15) is 5.84 Å². The van der Waals surface area contributed by atoms with Crippen LogP contribution in [-0.2, 0) is 9.53 Å². The molecule has 4 nitrogen and oxygen atoms in total. The van der Waals surface area contributed by atoms with Crippen LogP contribution < -0.4 is 5.32 Å². The van der Waals surface area contributed by atoms with Crippen molar-refractivity contribution in [1.29, 1.82) is 0 Å². The number of ether oxygens (including phenoxy) is 1. The topological polar surface area (TPSA) is 50.7 Å². The maximum atomic E-state index is 11.3. The minimum Gasteiger partial charge on any atom is -0.466 e. The van der Waals surface area contributed by atoms with Crippen molar-refractivity contribution in [2.45, 2.75) is 6.92 Å². The van der Waals surface area contributed by atoms with Crippen molar-refractivity contribution in [2.24, 2.45) is 4.99 Å². The van der Waals surface area contributed by atoms with Crippen LogP contribution in [0.4, 0.5) is 0 Å². The summed E-state index contributed by atoms with van der Waals surface area (Å²) in [6.07, 6.45) is 2.93. The Morgan fingerprint density at radius 3 is 2.93 bits per heavy atom. The molecule has 80 valence electrons. The molecule has 1 rings (SSSR count). The highest BCUT2D eigenvalue weighted by molar-refractivity contribution is 6.37. The van der Waals surface area contributed by atoms with Gasteiger partial charge < -0.3 is 10.1 Å². The summed E-state index contributed by atoms with van der Waals surface area (Å²) in [6.45, 7) is 5.14. The molecular formula is C10H11ClN2O2. The molecule has 0 fully saturated rings. The second-order valence-corrected chi connectivity index (χ2v) is 3.20. The third kappa shape index (κ3) is 2.27. The Balaban J connectivity index is 3.10. The number of rotatable bonds is 2. The number of methoxy groups -OCH3 is 1. The van der Waals surface area contributed by atoms with Gasteiger partial charge in [-0.25, -0.2) is 9.79 Å². The van der Waals surface area contributed by atoms with E-state index in [4.69, 9.17) is 11.6 Å². The molecule has 0 saturated heterocycles. The molecule has 0 aromatic heterocycles. The van der Waals surface area contributed by atoms with Crippen molar-refractivity contribution >= 4 is 23.4 Å². The molecule has 0 bridgehead atoms. The molecule has 1 N–H and O–H groups in total. The van der Waals surface area contributed by atoms with E-state index < -0.39 is 5.97 Å². The van der Waals surface area contributed by atoms with E-state index in [0.29, 0.717) is 22.0 Å². The monoisotopic (exact) mass is 226 g/mol. The maximum Gasteiger partial charge on any atom is 0.334 e. The first-order valence-electron chi connectivity index (χ1n) is 4.22. The summed E-state index contributed by atoms with van der Waals surface area (Å²) >= 11 is 5.91. The van der Waals surface area contributed by atoms with Crippen molar-refractivity contribution in [3.05, 3.63) is 35.2 Å². The number of amidine groups is 1. The Morgan fingerprint density at radius 2 is 2.40 bits per heavy atom. The van der Waals surface area contributed by atoms with Gasteiger partial charge in [0.2, 0.25) is 0 Å². The lowest BCUT2D eigenvalue weighted by Crippen LogP contribution is -2.20. The number of nitrogens with one attached hydrogen (secondary N) is 1. The van der Waals surface area contributed by atoms with Crippen molar-refractivity contribution in [1.82, 2.24) is 5.32 Å². The molecule has 0 unspecified atom stereocenters.